The minimum absolute atomic E-state index is 0.0787. The van der Waals surface area contributed by atoms with Crippen LogP contribution in [-0.4, -0.2) is 58.0 Å². The van der Waals surface area contributed by atoms with Gasteiger partial charge in [0.25, 0.3) is 0 Å². The zero-order valence-electron chi connectivity index (χ0n) is 11.7. The molecule has 5 nitrogen and oxygen atoms in total. The molecule has 0 bridgehead atoms. The summed E-state index contributed by atoms with van der Waals surface area (Å²) in [6.07, 6.45) is 1.22. The molecule has 17 heavy (non-hydrogen) atoms. The molecule has 0 aliphatic carbocycles. The molecule has 0 aromatic rings. The van der Waals surface area contributed by atoms with Crippen molar-refractivity contribution in [3.8, 4) is 0 Å². The van der Waals surface area contributed by atoms with E-state index < -0.39 is 0 Å². The number of carbonyl (C=O) groups excluding carboxylic acids is 2. The number of amides is 1. The fourth-order valence-corrected chi connectivity index (χ4v) is 1.26. The van der Waals surface area contributed by atoms with Gasteiger partial charge in [0.15, 0.2) is 0 Å². The molecule has 1 saturated heterocycles. The first kappa shape index (κ1) is 18.4. The summed E-state index contributed by atoms with van der Waals surface area (Å²) >= 11 is 0. The summed E-state index contributed by atoms with van der Waals surface area (Å²) in [5.41, 5.74) is 0. The molecule has 1 amide bonds. The molecule has 0 unspecified atom stereocenters. The van der Waals surface area contributed by atoms with Crippen LogP contribution in [-0.2, 0) is 14.3 Å². The second kappa shape index (κ2) is 13.1. The van der Waals surface area contributed by atoms with Gasteiger partial charge in [-0.15, -0.1) is 0 Å². The largest absolute Gasteiger partial charge is 0.388 e. The summed E-state index contributed by atoms with van der Waals surface area (Å²) in [6.45, 7) is 6.16. The maximum Gasteiger partial charge on any atom is 0.225 e. The van der Waals surface area contributed by atoms with Crippen molar-refractivity contribution >= 4 is 12.2 Å². The van der Waals surface area contributed by atoms with E-state index in [-0.39, 0.29) is 11.8 Å². The van der Waals surface area contributed by atoms with Crippen LogP contribution >= 0.6 is 0 Å². The molecule has 0 spiro atoms. The maximum atomic E-state index is 11.2. The van der Waals surface area contributed by atoms with Gasteiger partial charge in [0.1, 0.15) is 6.29 Å². The number of methoxy groups -OCH3 is 1. The Morgan fingerprint density at radius 1 is 1.41 bits per heavy atom. The predicted molar refractivity (Wildman–Crippen MR) is 69.0 cm³/mol. The molecular weight excluding hydrogens is 220 g/mol. The number of ether oxygens (including phenoxy) is 1. The van der Waals surface area contributed by atoms with Gasteiger partial charge < -0.3 is 19.7 Å². The van der Waals surface area contributed by atoms with Gasteiger partial charge in [-0.05, 0) is 7.05 Å². The van der Waals surface area contributed by atoms with E-state index in [4.69, 9.17) is 0 Å². The van der Waals surface area contributed by atoms with Crippen molar-refractivity contribution in [2.24, 2.45) is 5.92 Å². The monoisotopic (exact) mass is 246 g/mol. The topological polar surface area (TPSA) is 58.6 Å². The molecular formula is C12H26N2O3. The Bertz CT molecular complexity index is 192. The first-order valence-electron chi connectivity index (χ1n) is 5.95. The second-order valence-electron chi connectivity index (χ2n) is 3.57. The maximum absolute atomic E-state index is 11.2. The lowest BCUT2D eigenvalue weighted by atomic mass is 10.0. The Morgan fingerprint density at radius 3 is 2.24 bits per heavy atom. The molecule has 5 heteroatoms. The third kappa shape index (κ3) is 9.96. The van der Waals surface area contributed by atoms with E-state index in [9.17, 15) is 9.59 Å². The highest BCUT2D eigenvalue weighted by Crippen LogP contribution is 2.11. The van der Waals surface area contributed by atoms with Crippen molar-refractivity contribution in [1.29, 1.82) is 0 Å². The number of nitrogens with zero attached hydrogens (tertiary/aromatic N) is 1. The van der Waals surface area contributed by atoms with Gasteiger partial charge in [0.2, 0.25) is 5.91 Å². The number of aldehydes is 1. The first-order valence-corrected chi connectivity index (χ1v) is 5.95. The van der Waals surface area contributed by atoms with Crippen molar-refractivity contribution < 1.29 is 14.3 Å². The number of likely N-dealkylation sites (tertiary alicyclic amines) is 1. The van der Waals surface area contributed by atoms with Crippen LogP contribution in [0.2, 0.25) is 0 Å². The lowest BCUT2D eigenvalue weighted by molar-refractivity contribution is -0.129. The first-order chi connectivity index (χ1) is 8.15. The normalized spacial score (nSPS) is 14.4. The van der Waals surface area contributed by atoms with Gasteiger partial charge in [-0.3, -0.25) is 4.79 Å². The number of carbonyl (C=O) groups is 2. The van der Waals surface area contributed by atoms with E-state index >= 15 is 0 Å². The Morgan fingerprint density at radius 2 is 1.88 bits per heavy atom. The summed E-state index contributed by atoms with van der Waals surface area (Å²) in [5, 5.41) is 2.71. The van der Waals surface area contributed by atoms with Gasteiger partial charge in [0, 0.05) is 40.3 Å². The third-order valence-corrected chi connectivity index (χ3v) is 2.00. The minimum Gasteiger partial charge on any atom is -0.388 e. The average Bonchev–Trinajstić information content (AvgIpc) is 2.29. The minimum atomic E-state index is 0.0787. The Labute approximate surface area is 105 Å². The zero-order chi connectivity index (χ0) is 13.7. The number of nitrogens with one attached hydrogen (secondary N) is 1. The molecule has 1 fully saturated rings. The summed E-state index contributed by atoms with van der Waals surface area (Å²) < 4.78 is 4.25. The number of hydrogen-bond donors (Lipinski definition) is 1. The van der Waals surface area contributed by atoms with E-state index in [1.807, 2.05) is 20.9 Å². The van der Waals surface area contributed by atoms with Crippen LogP contribution in [0.25, 0.3) is 0 Å². The molecule has 1 aliphatic rings. The number of hydrogen-bond acceptors (Lipinski definition) is 4. The number of rotatable bonds is 4. The van der Waals surface area contributed by atoms with Gasteiger partial charge in [0.05, 0.1) is 5.92 Å². The molecule has 0 aromatic carbocycles. The zero-order valence-corrected chi connectivity index (χ0v) is 11.7. The Balaban J connectivity index is 0. The van der Waals surface area contributed by atoms with Crippen molar-refractivity contribution in [2.45, 2.75) is 20.3 Å². The smallest absolute Gasteiger partial charge is 0.225 e. The highest BCUT2D eigenvalue weighted by Gasteiger charge is 2.29. The molecule has 1 N–H and O–H groups in total. The summed E-state index contributed by atoms with van der Waals surface area (Å²) in [5.74, 6) is 0.219. The average molecular weight is 246 g/mol. The molecule has 0 aromatic heterocycles. The molecule has 1 rings (SSSR count). The van der Waals surface area contributed by atoms with Crippen LogP contribution in [0.5, 0.6) is 0 Å². The van der Waals surface area contributed by atoms with Crippen LogP contribution < -0.4 is 5.32 Å². The fraction of sp³-hybridized carbons (Fsp3) is 0.833. The molecule has 1 aliphatic heterocycles. The van der Waals surface area contributed by atoms with E-state index in [1.54, 1.807) is 14.2 Å². The van der Waals surface area contributed by atoms with E-state index in [2.05, 4.69) is 15.0 Å². The predicted octanol–water partition coefficient (Wildman–Crippen LogP) is 0.542. The van der Waals surface area contributed by atoms with Crippen LogP contribution in [0.15, 0.2) is 0 Å². The van der Waals surface area contributed by atoms with Crippen molar-refractivity contribution in [3.63, 3.8) is 0 Å². The van der Waals surface area contributed by atoms with E-state index in [0.717, 1.165) is 19.4 Å². The van der Waals surface area contributed by atoms with Crippen molar-refractivity contribution in [1.82, 2.24) is 10.2 Å². The summed E-state index contributed by atoms with van der Waals surface area (Å²) in [6, 6.07) is 0. The van der Waals surface area contributed by atoms with Crippen LogP contribution in [0.1, 0.15) is 20.3 Å². The van der Waals surface area contributed by atoms with Gasteiger partial charge >= 0.3 is 0 Å². The van der Waals surface area contributed by atoms with Gasteiger partial charge in [-0.2, -0.15) is 0 Å². The van der Waals surface area contributed by atoms with Gasteiger partial charge in [-0.1, -0.05) is 13.8 Å². The van der Waals surface area contributed by atoms with E-state index in [1.165, 1.54) is 0 Å². The van der Waals surface area contributed by atoms with Crippen LogP contribution in [0.3, 0.4) is 0 Å². The molecule has 0 atom stereocenters. The van der Waals surface area contributed by atoms with Gasteiger partial charge in [-0.25, -0.2) is 0 Å². The van der Waals surface area contributed by atoms with Crippen LogP contribution in [0.4, 0.5) is 0 Å². The van der Waals surface area contributed by atoms with E-state index in [0.29, 0.717) is 13.0 Å². The lowest BCUT2D eigenvalue weighted by Gasteiger charge is -2.34. The molecule has 1 heterocycles. The van der Waals surface area contributed by atoms with Crippen molar-refractivity contribution in [2.75, 3.05) is 40.9 Å². The molecule has 102 valence electrons. The Kier molecular flexibility index (Phi) is 14.2. The SMILES string of the molecule is CC.CN1CC(C(=O)NCCC=O)C1.COC. The quantitative estimate of drug-likeness (QED) is 0.581. The lowest BCUT2D eigenvalue weighted by Crippen LogP contribution is -2.51. The summed E-state index contributed by atoms with van der Waals surface area (Å²) in [7, 11) is 5.23. The standard InChI is InChI=1S/C8H14N2O2.C2H6O.C2H6/c1-10-5-7(6-10)8(12)9-3-2-4-11;1-3-2;1-2/h4,7H,2-3,5-6H2,1H3,(H,9,12);1-2H3;1-2H3. The Hall–Kier alpha value is -0.940. The highest BCUT2D eigenvalue weighted by molar-refractivity contribution is 5.80. The van der Waals surface area contributed by atoms with Crippen LogP contribution in [0, 0.1) is 5.92 Å². The highest BCUT2D eigenvalue weighted by atomic mass is 16.4. The summed E-state index contributed by atoms with van der Waals surface area (Å²) in [4.78, 5) is 23.2. The fourth-order valence-electron chi connectivity index (χ4n) is 1.26. The third-order valence-electron chi connectivity index (χ3n) is 2.00. The van der Waals surface area contributed by atoms with Crippen molar-refractivity contribution in [3.05, 3.63) is 0 Å². The molecule has 0 saturated carbocycles. The molecule has 0 radical (unpaired) electrons. The second-order valence-corrected chi connectivity index (χ2v) is 3.57.